The van der Waals surface area contributed by atoms with Crippen LogP contribution < -0.4 is 0 Å². The smallest absolute Gasteiger partial charge is 0.0334 e. The third-order valence-electron chi connectivity index (χ3n) is 0.461. The summed E-state index contributed by atoms with van der Waals surface area (Å²) in [5.74, 6) is 0. The molecule has 44 valence electrons. The topological polar surface area (TPSA) is 0 Å². The molecule has 0 aromatic rings. The second kappa shape index (κ2) is 4.95. The number of hydrogen-bond donors (Lipinski definition) is 0. The van der Waals surface area contributed by atoms with E-state index in [0.29, 0.717) is 5.03 Å². The maximum atomic E-state index is 5.36. The Balaban J connectivity index is 3.50. The van der Waals surface area contributed by atoms with E-state index in [1.165, 1.54) is 5.54 Å². The molecule has 0 amide bonds. The van der Waals surface area contributed by atoms with Crippen LogP contribution >= 0.6 is 23.2 Å². The third kappa shape index (κ3) is 5.80. The fraction of sp³-hybridized carbons (Fsp3) is 0. The summed E-state index contributed by atoms with van der Waals surface area (Å²) in [4.78, 5) is 0. The molecule has 0 radical (unpaired) electrons. The van der Waals surface area contributed by atoms with Gasteiger partial charge in [0.05, 0.1) is 0 Å². The molecule has 0 N–H and O–H groups in total. The molecule has 0 saturated carbocycles. The minimum Gasteiger partial charge on any atom is -0.0930 e. The van der Waals surface area contributed by atoms with Crippen LogP contribution in [0.15, 0.2) is 35.4 Å². The van der Waals surface area contributed by atoms with Gasteiger partial charge < -0.3 is 0 Å². The van der Waals surface area contributed by atoms with E-state index in [4.69, 9.17) is 23.2 Å². The van der Waals surface area contributed by atoms with Crippen LogP contribution in [0.2, 0.25) is 0 Å². The SMILES string of the molecule is C=C(Cl)C=CC=CCl. The molecule has 0 aromatic carbocycles. The third-order valence-corrected chi connectivity index (χ3v) is 0.732. The molecule has 2 heteroatoms. The van der Waals surface area contributed by atoms with Crippen molar-refractivity contribution in [3.8, 4) is 0 Å². The zero-order chi connectivity index (χ0) is 6.41. The van der Waals surface area contributed by atoms with Gasteiger partial charge in [-0.2, -0.15) is 0 Å². The molecular weight excluding hydrogens is 143 g/mol. The van der Waals surface area contributed by atoms with E-state index in [-0.39, 0.29) is 0 Å². The van der Waals surface area contributed by atoms with E-state index in [1.54, 1.807) is 18.2 Å². The molecule has 0 atom stereocenters. The molecule has 0 aromatic heterocycles. The van der Waals surface area contributed by atoms with Crippen LogP contribution in [0.1, 0.15) is 0 Å². The lowest BCUT2D eigenvalue weighted by atomic mass is 10.5. The van der Waals surface area contributed by atoms with Gasteiger partial charge >= 0.3 is 0 Å². The van der Waals surface area contributed by atoms with Crippen molar-refractivity contribution in [1.29, 1.82) is 0 Å². The molecule has 0 rings (SSSR count). The molecule has 0 aliphatic heterocycles. The second-order valence-corrected chi connectivity index (χ2v) is 1.86. The van der Waals surface area contributed by atoms with Crippen LogP contribution in [0.3, 0.4) is 0 Å². The highest BCUT2D eigenvalue weighted by Crippen LogP contribution is 1.97. The Morgan fingerprint density at radius 3 is 2.38 bits per heavy atom. The molecule has 0 heterocycles. The zero-order valence-corrected chi connectivity index (χ0v) is 5.78. The van der Waals surface area contributed by atoms with Crippen LogP contribution in [0.25, 0.3) is 0 Å². The van der Waals surface area contributed by atoms with Gasteiger partial charge in [0.15, 0.2) is 0 Å². The lowest BCUT2D eigenvalue weighted by molar-refractivity contribution is 1.91. The van der Waals surface area contributed by atoms with Crippen molar-refractivity contribution >= 4 is 23.2 Å². The molecule has 0 bridgehead atoms. The summed E-state index contributed by atoms with van der Waals surface area (Å²) in [6.07, 6.45) is 5.03. The lowest BCUT2D eigenvalue weighted by Gasteiger charge is -1.74. The van der Waals surface area contributed by atoms with Gasteiger partial charge in [-0.15, -0.1) is 0 Å². The lowest BCUT2D eigenvalue weighted by Crippen LogP contribution is -1.51. The number of allylic oxidation sites excluding steroid dienone is 4. The van der Waals surface area contributed by atoms with Crippen molar-refractivity contribution in [2.45, 2.75) is 0 Å². The maximum absolute atomic E-state index is 5.36. The van der Waals surface area contributed by atoms with Crippen LogP contribution in [-0.2, 0) is 0 Å². The van der Waals surface area contributed by atoms with Crippen molar-refractivity contribution in [2.75, 3.05) is 0 Å². The highest BCUT2D eigenvalue weighted by molar-refractivity contribution is 6.30. The molecule has 0 spiro atoms. The summed E-state index contributed by atoms with van der Waals surface area (Å²) in [5, 5.41) is 0.500. The summed E-state index contributed by atoms with van der Waals surface area (Å²) in [6.45, 7) is 3.43. The Morgan fingerprint density at radius 2 is 2.00 bits per heavy atom. The first-order chi connectivity index (χ1) is 3.77. The Hall–Kier alpha value is -0.200. The Kier molecular flexibility index (Phi) is 4.82. The first kappa shape index (κ1) is 7.80. The summed E-state index contributed by atoms with van der Waals surface area (Å²) < 4.78 is 0. The fourth-order valence-corrected chi connectivity index (χ4v) is 0.359. The molecular formula is C6H6Cl2. The highest BCUT2D eigenvalue weighted by Gasteiger charge is 1.70. The van der Waals surface area contributed by atoms with Crippen molar-refractivity contribution in [3.63, 3.8) is 0 Å². The van der Waals surface area contributed by atoms with Gasteiger partial charge in [0, 0.05) is 10.6 Å². The normalized spacial score (nSPS) is 11.2. The van der Waals surface area contributed by atoms with Crippen LogP contribution in [0.4, 0.5) is 0 Å². The highest BCUT2D eigenvalue weighted by atomic mass is 35.5. The number of halogens is 2. The predicted molar refractivity (Wildman–Crippen MR) is 39.1 cm³/mol. The van der Waals surface area contributed by atoms with Crippen molar-refractivity contribution < 1.29 is 0 Å². The van der Waals surface area contributed by atoms with Crippen molar-refractivity contribution in [1.82, 2.24) is 0 Å². The van der Waals surface area contributed by atoms with Crippen molar-refractivity contribution in [3.05, 3.63) is 35.4 Å². The van der Waals surface area contributed by atoms with E-state index in [0.717, 1.165) is 0 Å². The van der Waals surface area contributed by atoms with Gasteiger partial charge in [-0.25, -0.2) is 0 Å². The molecule has 0 saturated heterocycles. The zero-order valence-electron chi connectivity index (χ0n) is 4.27. The summed E-state index contributed by atoms with van der Waals surface area (Å²) in [6, 6.07) is 0. The Bertz CT molecular complexity index is 122. The molecule has 8 heavy (non-hydrogen) atoms. The van der Waals surface area contributed by atoms with Crippen molar-refractivity contribution in [2.24, 2.45) is 0 Å². The van der Waals surface area contributed by atoms with Gasteiger partial charge in [0.25, 0.3) is 0 Å². The largest absolute Gasteiger partial charge is 0.0930 e. The Labute approximate surface area is 59.1 Å². The summed E-state index contributed by atoms with van der Waals surface area (Å²) >= 11 is 10.5. The van der Waals surface area contributed by atoms with Gasteiger partial charge in [0.1, 0.15) is 0 Å². The average molecular weight is 149 g/mol. The quantitative estimate of drug-likeness (QED) is 0.529. The first-order valence-electron chi connectivity index (χ1n) is 2.05. The van der Waals surface area contributed by atoms with E-state index >= 15 is 0 Å². The summed E-state index contributed by atoms with van der Waals surface area (Å²) in [7, 11) is 0. The summed E-state index contributed by atoms with van der Waals surface area (Å²) in [5.41, 5.74) is 1.40. The maximum Gasteiger partial charge on any atom is 0.0334 e. The van der Waals surface area contributed by atoms with E-state index < -0.39 is 0 Å². The molecule has 0 aliphatic carbocycles. The molecule has 0 nitrogen and oxygen atoms in total. The van der Waals surface area contributed by atoms with Gasteiger partial charge in [-0.05, 0) is 6.08 Å². The Morgan fingerprint density at radius 1 is 1.38 bits per heavy atom. The standard InChI is InChI=1S/C6H6Cl2/c1-6(8)4-2-3-5-7/h2-5H,1H2. The molecule has 0 unspecified atom stereocenters. The molecule has 0 aliphatic rings. The average Bonchev–Trinajstić information content (AvgIpc) is 1.66. The van der Waals surface area contributed by atoms with Gasteiger partial charge in [0.2, 0.25) is 0 Å². The van der Waals surface area contributed by atoms with E-state index in [2.05, 4.69) is 6.58 Å². The number of rotatable bonds is 2. The second-order valence-electron chi connectivity index (χ2n) is 1.12. The van der Waals surface area contributed by atoms with E-state index in [1.807, 2.05) is 0 Å². The molecule has 0 fully saturated rings. The minimum atomic E-state index is 0.500. The monoisotopic (exact) mass is 148 g/mol. The van der Waals surface area contributed by atoms with Crippen LogP contribution in [0, 0.1) is 0 Å². The van der Waals surface area contributed by atoms with Gasteiger partial charge in [-0.3, -0.25) is 0 Å². The minimum absolute atomic E-state index is 0.500. The van der Waals surface area contributed by atoms with Gasteiger partial charge in [-0.1, -0.05) is 41.9 Å². The first-order valence-corrected chi connectivity index (χ1v) is 2.86. The van der Waals surface area contributed by atoms with Crippen LogP contribution in [0.5, 0.6) is 0 Å². The fourth-order valence-electron chi connectivity index (χ4n) is 0.202. The predicted octanol–water partition coefficient (Wildman–Crippen LogP) is 3.05. The van der Waals surface area contributed by atoms with Crippen LogP contribution in [-0.4, -0.2) is 0 Å². The van der Waals surface area contributed by atoms with E-state index in [9.17, 15) is 0 Å². The number of hydrogen-bond acceptors (Lipinski definition) is 0.